The molecule has 0 aliphatic carbocycles. The molecule has 1 unspecified atom stereocenters. The van der Waals surface area contributed by atoms with Gasteiger partial charge in [0, 0.05) is 17.5 Å². The Morgan fingerprint density at radius 1 is 1.33 bits per heavy atom. The van der Waals surface area contributed by atoms with E-state index in [1.807, 2.05) is 11.3 Å². The van der Waals surface area contributed by atoms with Gasteiger partial charge in [-0.1, -0.05) is 19.9 Å². The number of nitrogens with one attached hydrogen (secondary N) is 1. The summed E-state index contributed by atoms with van der Waals surface area (Å²) in [6, 6.07) is 5.02. The maximum absolute atomic E-state index is 3.52. The smallest absolute Gasteiger partial charge is 0.00760 e. The Kier molecular flexibility index (Phi) is 7.56. The second-order valence-electron chi connectivity index (χ2n) is 5.55. The largest absolute Gasteiger partial charge is 0.316 e. The first kappa shape index (κ1) is 15.7. The lowest BCUT2D eigenvalue weighted by atomic mass is 10.2. The fraction of sp³-hybridized carbons (Fsp3) is 0.733. The molecule has 1 N–H and O–H groups in total. The van der Waals surface area contributed by atoms with Gasteiger partial charge in [0.2, 0.25) is 0 Å². The van der Waals surface area contributed by atoms with Crippen molar-refractivity contribution in [2.45, 2.75) is 39.7 Å². The van der Waals surface area contributed by atoms with Crippen molar-refractivity contribution in [1.29, 1.82) is 0 Å². The molecular weight excluding hydrogens is 240 g/mol. The van der Waals surface area contributed by atoms with Gasteiger partial charge < -0.3 is 10.2 Å². The van der Waals surface area contributed by atoms with Gasteiger partial charge in [-0.25, -0.2) is 0 Å². The highest BCUT2D eigenvalue weighted by atomic mass is 32.1. The van der Waals surface area contributed by atoms with E-state index in [1.54, 1.807) is 0 Å². The van der Waals surface area contributed by atoms with Crippen LogP contribution in [0.5, 0.6) is 0 Å². The van der Waals surface area contributed by atoms with Crippen LogP contribution in [0.1, 0.15) is 32.1 Å². The summed E-state index contributed by atoms with van der Waals surface area (Å²) in [5.74, 6) is 0.747. The Labute approximate surface area is 116 Å². The molecule has 0 radical (unpaired) electrons. The summed E-state index contributed by atoms with van der Waals surface area (Å²) < 4.78 is 0. The Hall–Kier alpha value is -0.380. The highest BCUT2D eigenvalue weighted by molar-refractivity contribution is 7.09. The minimum Gasteiger partial charge on any atom is -0.316 e. The van der Waals surface area contributed by atoms with Crippen LogP contribution in [-0.2, 0) is 6.42 Å². The van der Waals surface area contributed by atoms with E-state index in [9.17, 15) is 0 Å². The quantitative estimate of drug-likeness (QED) is 0.692. The SMILES string of the molecule is CC(C)CNCCC(C)N(C)CCc1cccs1. The molecular formula is C15H28N2S. The van der Waals surface area contributed by atoms with E-state index in [1.165, 1.54) is 17.7 Å². The van der Waals surface area contributed by atoms with Gasteiger partial charge in [-0.3, -0.25) is 0 Å². The standard InChI is InChI=1S/C15H28N2S/c1-13(2)12-16-9-7-14(3)17(4)10-8-15-6-5-11-18-15/h5-6,11,13-14,16H,7-10,12H2,1-4H3. The van der Waals surface area contributed by atoms with Crippen LogP contribution in [0.25, 0.3) is 0 Å². The van der Waals surface area contributed by atoms with Gasteiger partial charge in [-0.2, -0.15) is 0 Å². The third-order valence-electron chi connectivity index (χ3n) is 3.33. The highest BCUT2D eigenvalue weighted by Crippen LogP contribution is 2.10. The summed E-state index contributed by atoms with van der Waals surface area (Å²) in [5.41, 5.74) is 0. The van der Waals surface area contributed by atoms with E-state index in [2.05, 4.69) is 55.5 Å². The Morgan fingerprint density at radius 3 is 2.72 bits per heavy atom. The first-order valence-corrected chi connectivity index (χ1v) is 7.91. The van der Waals surface area contributed by atoms with Crippen LogP contribution >= 0.6 is 11.3 Å². The predicted octanol–water partition coefficient (Wildman–Crippen LogP) is 3.25. The molecule has 0 saturated heterocycles. The first-order chi connectivity index (χ1) is 8.59. The Morgan fingerprint density at radius 2 is 2.11 bits per heavy atom. The van der Waals surface area contributed by atoms with Gasteiger partial charge in [0.15, 0.2) is 0 Å². The summed E-state index contributed by atoms with van der Waals surface area (Å²) in [6.07, 6.45) is 2.41. The normalized spacial score (nSPS) is 13.4. The minimum absolute atomic E-state index is 0.657. The molecule has 0 aliphatic heterocycles. The van der Waals surface area contributed by atoms with Crippen LogP contribution in [0, 0.1) is 5.92 Å². The van der Waals surface area contributed by atoms with Crippen molar-refractivity contribution in [2.75, 3.05) is 26.7 Å². The molecule has 0 aromatic carbocycles. The molecule has 0 bridgehead atoms. The molecule has 104 valence electrons. The van der Waals surface area contributed by atoms with Crippen LogP contribution < -0.4 is 5.32 Å². The lowest BCUT2D eigenvalue weighted by Crippen LogP contribution is -2.34. The maximum atomic E-state index is 3.52. The van der Waals surface area contributed by atoms with Crippen molar-refractivity contribution >= 4 is 11.3 Å². The van der Waals surface area contributed by atoms with E-state index in [-0.39, 0.29) is 0 Å². The molecule has 1 rings (SSSR count). The molecule has 1 atom stereocenters. The molecule has 18 heavy (non-hydrogen) atoms. The van der Waals surface area contributed by atoms with Crippen molar-refractivity contribution in [2.24, 2.45) is 5.92 Å². The average Bonchev–Trinajstić information content (AvgIpc) is 2.84. The third-order valence-corrected chi connectivity index (χ3v) is 4.27. The predicted molar refractivity (Wildman–Crippen MR) is 82.4 cm³/mol. The molecule has 0 fully saturated rings. The van der Waals surface area contributed by atoms with Crippen LogP contribution in [0.2, 0.25) is 0 Å². The fourth-order valence-electron chi connectivity index (χ4n) is 1.88. The van der Waals surface area contributed by atoms with Gasteiger partial charge in [0.25, 0.3) is 0 Å². The summed E-state index contributed by atoms with van der Waals surface area (Å²) in [7, 11) is 2.24. The van der Waals surface area contributed by atoms with E-state index in [0.717, 1.165) is 25.6 Å². The van der Waals surface area contributed by atoms with Gasteiger partial charge >= 0.3 is 0 Å². The van der Waals surface area contributed by atoms with Gasteiger partial charge in [0.1, 0.15) is 0 Å². The molecule has 0 spiro atoms. The van der Waals surface area contributed by atoms with E-state index in [4.69, 9.17) is 0 Å². The van der Waals surface area contributed by atoms with Gasteiger partial charge in [-0.15, -0.1) is 11.3 Å². The van der Waals surface area contributed by atoms with Crippen molar-refractivity contribution < 1.29 is 0 Å². The molecule has 3 heteroatoms. The number of hydrogen-bond acceptors (Lipinski definition) is 3. The maximum Gasteiger partial charge on any atom is 0.00760 e. The van der Waals surface area contributed by atoms with Crippen molar-refractivity contribution in [3.63, 3.8) is 0 Å². The number of hydrogen-bond donors (Lipinski definition) is 1. The van der Waals surface area contributed by atoms with E-state index in [0.29, 0.717) is 6.04 Å². The van der Waals surface area contributed by atoms with Gasteiger partial charge in [-0.05, 0) is 57.3 Å². The topological polar surface area (TPSA) is 15.3 Å². The number of rotatable bonds is 9. The van der Waals surface area contributed by atoms with E-state index < -0.39 is 0 Å². The highest BCUT2D eigenvalue weighted by Gasteiger charge is 2.08. The lowest BCUT2D eigenvalue weighted by molar-refractivity contribution is 0.247. The molecule has 1 aromatic heterocycles. The molecule has 2 nitrogen and oxygen atoms in total. The number of thiophene rings is 1. The zero-order chi connectivity index (χ0) is 13.4. The van der Waals surface area contributed by atoms with Crippen molar-refractivity contribution in [3.05, 3.63) is 22.4 Å². The number of nitrogens with zero attached hydrogens (tertiary/aromatic N) is 1. The lowest BCUT2D eigenvalue weighted by Gasteiger charge is -2.24. The first-order valence-electron chi connectivity index (χ1n) is 7.03. The van der Waals surface area contributed by atoms with E-state index >= 15 is 0 Å². The monoisotopic (exact) mass is 268 g/mol. The second-order valence-corrected chi connectivity index (χ2v) is 6.58. The van der Waals surface area contributed by atoms with Crippen LogP contribution in [0.3, 0.4) is 0 Å². The molecule has 0 saturated carbocycles. The Balaban J connectivity index is 2.10. The Bertz CT molecular complexity index is 295. The van der Waals surface area contributed by atoms with Crippen molar-refractivity contribution in [1.82, 2.24) is 10.2 Å². The van der Waals surface area contributed by atoms with Crippen molar-refractivity contribution in [3.8, 4) is 0 Å². The summed E-state index contributed by atoms with van der Waals surface area (Å²) >= 11 is 1.86. The molecule has 0 amide bonds. The zero-order valence-corrected chi connectivity index (χ0v) is 13.1. The summed E-state index contributed by atoms with van der Waals surface area (Å²) in [6.45, 7) is 10.2. The zero-order valence-electron chi connectivity index (χ0n) is 12.3. The van der Waals surface area contributed by atoms with Gasteiger partial charge in [0.05, 0.1) is 0 Å². The van der Waals surface area contributed by atoms with Crippen LogP contribution in [0.15, 0.2) is 17.5 Å². The van der Waals surface area contributed by atoms with Crippen LogP contribution in [0.4, 0.5) is 0 Å². The molecule has 1 heterocycles. The second kappa shape index (κ2) is 8.68. The average molecular weight is 268 g/mol. The fourth-order valence-corrected chi connectivity index (χ4v) is 2.58. The summed E-state index contributed by atoms with van der Waals surface area (Å²) in [5, 5.41) is 5.68. The molecule has 0 aliphatic rings. The third kappa shape index (κ3) is 6.53. The summed E-state index contributed by atoms with van der Waals surface area (Å²) in [4.78, 5) is 3.96. The van der Waals surface area contributed by atoms with Crippen LogP contribution in [-0.4, -0.2) is 37.6 Å². The molecule has 1 aromatic rings. The minimum atomic E-state index is 0.657. The number of likely N-dealkylation sites (N-methyl/N-ethyl adjacent to an activating group) is 1.